The van der Waals surface area contributed by atoms with Crippen LogP contribution in [0.2, 0.25) is 0 Å². The minimum atomic E-state index is -0.353. The Morgan fingerprint density at radius 2 is 0.873 bits per heavy atom. The molecule has 0 heterocycles. The second-order valence-corrected chi connectivity index (χ2v) is 16.1. The second-order valence-electron chi connectivity index (χ2n) is 16.1. The van der Waals surface area contributed by atoms with E-state index < -0.39 is 0 Å². The largest absolute Gasteiger partial charge is 0.269 e. The van der Waals surface area contributed by atoms with Gasteiger partial charge in [-0.25, -0.2) is 0 Å². The highest BCUT2D eigenvalue weighted by atomic mass is 16.6. The van der Waals surface area contributed by atoms with Gasteiger partial charge in [-0.1, -0.05) is 166 Å². The monoisotopic (exact) mass is 721 g/mol. The van der Waals surface area contributed by atoms with Crippen molar-refractivity contribution in [3.05, 3.63) is 216 Å². The normalized spacial score (nSPS) is 13.0. The Morgan fingerprint density at radius 1 is 0.491 bits per heavy atom. The second kappa shape index (κ2) is 17.1. The van der Waals surface area contributed by atoms with Gasteiger partial charge >= 0.3 is 0 Å². The third-order valence-electron chi connectivity index (χ3n) is 11.0. The van der Waals surface area contributed by atoms with E-state index in [1.54, 1.807) is 12.1 Å². The van der Waals surface area contributed by atoms with E-state index in [0.29, 0.717) is 0 Å². The van der Waals surface area contributed by atoms with Crippen molar-refractivity contribution in [1.29, 1.82) is 0 Å². The minimum Gasteiger partial charge on any atom is -0.258 e. The molecule has 0 aliphatic heterocycles. The first kappa shape index (κ1) is 37.5. The molecule has 0 atom stereocenters. The van der Waals surface area contributed by atoms with Crippen molar-refractivity contribution in [2.75, 3.05) is 0 Å². The van der Waals surface area contributed by atoms with E-state index in [4.69, 9.17) is 0 Å². The standard InChI is InChI=1S/C52H51NO2/c1-52(2,3)50-32-22-42(23-33-50)14-8-38-4-10-40(11-5-38)16-30-48-36-44-18-26-46(48)27-19-45-21-29-47(28-20-44)49(37-45)31-17-41-12-6-39(7-13-41)9-15-43-24-34-51(35-25-43)53(54)55/h4-7,10-13,16-18,21-26,29-37H,8-9,14-15,19-20,27-28H2,1-3H3/b30-16+,31-17+. The summed E-state index contributed by atoms with van der Waals surface area (Å²) in [6.45, 7) is 6.80. The van der Waals surface area contributed by atoms with E-state index >= 15 is 0 Å². The van der Waals surface area contributed by atoms with Crippen LogP contribution in [0.3, 0.4) is 0 Å². The summed E-state index contributed by atoms with van der Waals surface area (Å²) >= 11 is 0. The van der Waals surface area contributed by atoms with Gasteiger partial charge in [-0.3, -0.25) is 10.1 Å². The van der Waals surface area contributed by atoms with E-state index in [-0.39, 0.29) is 16.0 Å². The molecule has 6 aromatic rings. The fraction of sp³-hybridized carbons (Fsp3) is 0.231. The minimum absolute atomic E-state index is 0.135. The van der Waals surface area contributed by atoms with Gasteiger partial charge in [0, 0.05) is 12.1 Å². The highest BCUT2D eigenvalue weighted by Crippen LogP contribution is 2.26. The number of benzene rings is 6. The van der Waals surface area contributed by atoms with Gasteiger partial charge in [0.25, 0.3) is 5.69 Å². The molecule has 0 radical (unpaired) electrons. The summed E-state index contributed by atoms with van der Waals surface area (Å²) in [6, 6.07) is 47.9. The maximum absolute atomic E-state index is 10.9. The number of rotatable bonds is 11. The van der Waals surface area contributed by atoms with Crippen molar-refractivity contribution < 1.29 is 4.92 Å². The van der Waals surface area contributed by atoms with Crippen LogP contribution < -0.4 is 0 Å². The Bertz CT molecular complexity index is 2290. The Hall–Kier alpha value is -5.80. The number of aryl methyl sites for hydroxylation is 8. The SMILES string of the molecule is CC(C)(C)c1ccc(CCc2ccc(/C=C/c3cc4ccc3CCc3ccc(c(/C=C/c5ccc(CCc6ccc([N+](=O)[O-])cc6)cc5)c3)CC4)cc2)cc1. The molecule has 0 spiro atoms. The zero-order valence-electron chi connectivity index (χ0n) is 32.4. The predicted octanol–water partition coefficient (Wildman–Crippen LogP) is 12.7. The molecule has 6 aromatic carbocycles. The van der Waals surface area contributed by atoms with Crippen molar-refractivity contribution in [2.45, 2.75) is 77.6 Å². The Kier molecular flexibility index (Phi) is 11.7. The van der Waals surface area contributed by atoms with Crippen molar-refractivity contribution in [3.8, 4) is 0 Å². The first-order chi connectivity index (χ1) is 26.6. The highest BCUT2D eigenvalue weighted by molar-refractivity contribution is 5.73. The van der Waals surface area contributed by atoms with Gasteiger partial charge in [-0.05, 0) is 129 Å². The van der Waals surface area contributed by atoms with Crippen LogP contribution in [0, 0.1) is 10.1 Å². The zero-order chi connectivity index (χ0) is 38.2. The van der Waals surface area contributed by atoms with E-state index in [0.717, 1.165) is 56.9 Å². The lowest BCUT2D eigenvalue weighted by Crippen LogP contribution is -2.10. The van der Waals surface area contributed by atoms with Crippen LogP contribution in [0.25, 0.3) is 24.3 Å². The van der Waals surface area contributed by atoms with Gasteiger partial charge in [-0.2, -0.15) is 0 Å². The van der Waals surface area contributed by atoms with Crippen molar-refractivity contribution in [2.24, 2.45) is 0 Å². The lowest BCUT2D eigenvalue weighted by atomic mass is 9.86. The molecule has 4 bridgehead atoms. The molecule has 0 unspecified atom stereocenters. The summed E-state index contributed by atoms with van der Waals surface area (Å²) in [7, 11) is 0. The zero-order valence-corrected chi connectivity index (χ0v) is 32.4. The molecule has 4 aliphatic rings. The summed E-state index contributed by atoms with van der Waals surface area (Å²) in [5.41, 5.74) is 17.4. The summed E-state index contributed by atoms with van der Waals surface area (Å²) in [6.07, 6.45) is 16.9. The fourth-order valence-corrected chi connectivity index (χ4v) is 7.42. The van der Waals surface area contributed by atoms with Crippen molar-refractivity contribution in [3.63, 3.8) is 0 Å². The first-order valence-corrected chi connectivity index (χ1v) is 19.8. The molecule has 4 aliphatic carbocycles. The molecule has 3 heteroatoms. The molecular weight excluding hydrogens is 671 g/mol. The average Bonchev–Trinajstić information content (AvgIpc) is 3.19. The number of hydrogen-bond donors (Lipinski definition) is 0. The lowest BCUT2D eigenvalue weighted by molar-refractivity contribution is -0.384. The van der Waals surface area contributed by atoms with Gasteiger partial charge < -0.3 is 0 Å². The van der Waals surface area contributed by atoms with Gasteiger partial charge in [0.15, 0.2) is 0 Å². The van der Waals surface area contributed by atoms with Crippen LogP contribution in [0.5, 0.6) is 0 Å². The summed E-state index contributed by atoms with van der Waals surface area (Å²) in [5.74, 6) is 0. The maximum atomic E-state index is 10.9. The fourth-order valence-electron chi connectivity index (χ4n) is 7.42. The van der Waals surface area contributed by atoms with E-state index in [9.17, 15) is 10.1 Å². The number of nitrogens with zero attached hydrogens (tertiary/aromatic N) is 1. The summed E-state index contributed by atoms with van der Waals surface area (Å²) in [5, 5.41) is 10.9. The number of non-ortho nitro benzene ring substituents is 1. The van der Waals surface area contributed by atoms with Gasteiger partial charge in [0.2, 0.25) is 0 Å². The van der Waals surface area contributed by atoms with Crippen LogP contribution in [-0.2, 0) is 56.8 Å². The number of nitro benzene ring substituents is 1. The van der Waals surface area contributed by atoms with Gasteiger partial charge in [0.05, 0.1) is 4.92 Å². The van der Waals surface area contributed by atoms with Crippen LogP contribution in [-0.4, -0.2) is 4.92 Å². The smallest absolute Gasteiger partial charge is 0.258 e. The molecule has 276 valence electrons. The van der Waals surface area contributed by atoms with E-state index in [1.807, 2.05) is 12.1 Å². The molecule has 0 saturated heterocycles. The quantitative estimate of drug-likeness (QED) is 0.0759. The van der Waals surface area contributed by atoms with Crippen LogP contribution in [0.4, 0.5) is 5.69 Å². The van der Waals surface area contributed by atoms with Crippen LogP contribution in [0.15, 0.2) is 133 Å². The molecule has 0 fully saturated rings. The summed E-state index contributed by atoms with van der Waals surface area (Å²) in [4.78, 5) is 10.6. The Morgan fingerprint density at radius 3 is 1.25 bits per heavy atom. The molecule has 0 N–H and O–H groups in total. The molecule has 0 amide bonds. The first-order valence-electron chi connectivity index (χ1n) is 19.8. The van der Waals surface area contributed by atoms with Gasteiger partial charge in [-0.15, -0.1) is 0 Å². The predicted molar refractivity (Wildman–Crippen MR) is 231 cm³/mol. The third kappa shape index (κ3) is 10.2. The van der Waals surface area contributed by atoms with Crippen LogP contribution in [0.1, 0.15) is 93.1 Å². The topological polar surface area (TPSA) is 43.1 Å². The molecule has 0 aromatic heterocycles. The number of hydrogen-bond acceptors (Lipinski definition) is 2. The highest BCUT2D eigenvalue weighted by Gasteiger charge is 2.13. The Balaban J connectivity index is 0.960. The summed E-state index contributed by atoms with van der Waals surface area (Å²) < 4.78 is 0. The van der Waals surface area contributed by atoms with Gasteiger partial charge in [0.1, 0.15) is 0 Å². The average molecular weight is 722 g/mol. The van der Waals surface area contributed by atoms with Crippen molar-refractivity contribution in [1.82, 2.24) is 0 Å². The molecule has 10 rings (SSSR count). The van der Waals surface area contributed by atoms with Crippen molar-refractivity contribution >= 4 is 30.0 Å². The molecule has 55 heavy (non-hydrogen) atoms. The number of nitro groups is 1. The molecule has 0 saturated carbocycles. The lowest BCUT2D eigenvalue weighted by Gasteiger charge is -2.19. The third-order valence-corrected chi connectivity index (χ3v) is 11.0. The van der Waals surface area contributed by atoms with E-state index in [2.05, 4.69) is 154 Å². The van der Waals surface area contributed by atoms with E-state index in [1.165, 1.54) is 66.8 Å². The molecular formula is C52H51NO2. The molecule has 3 nitrogen and oxygen atoms in total. The van der Waals surface area contributed by atoms with Crippen LogP contribution >= 0.6 is 0 Å². The Labute approximate surface area is 327 Å². The maximum Gasteiger partial charge on any atom is 0.269 e.